The third-order valence-electron chi connectivity index (χ3n) is 2.88. The van der Waals surface area contributed by atoms with E-state index in [0.717, 1.165) is 19.1 Å². The van der Waals surface area contributed by atoms with Crippen LogP contribution in [0.2, 0.25) is 0 Å². The number of hydrogen-bond acceptors (Lipinski definition) is 3. The molecular weight excluding hydrogens is 256 g/mol. The second kappa shape index (κ2) is 20.4. The Labute approximate surface area is 123 Å². The van der Waals surface area contributed by atoms with E-state index < -0.39 is 5.97 Å². The number of hydrogen-bond donors (Lipinski definition) is 1. The molecule has 0 aromatic carbocycles. The van der Waals surface area contributed by atoms with Crippen molar-refractivity contribution in [3.63, 3.8) is 0 Å². The molecule has 0 aromatic rings. The number of carboxylic acid groups (broad SMARTS) is 1. The molecule has 0 spiro atoms. The van der Waals surface area contributed by atoms with Crippen LogP contribution >= 0.6 is 0 Å². The van der Waals surface area contributed by atoms with Crippen molar-refractivity contribution in [2.24, 2.45) is 0 Å². The standard InChI is InChI=1S/C12H24O2.C4H8O2/c1-2-3-4-5-6-7-8-9-10-11-12(13)14;1-2-6-4-3-5/h2-11H2,1H3,(H,13,14);3H,2,4H2,1H3. The molecule has 0 aliphatic rings. The van der Waals surface area contributed by atoms with Gasteiger partial charge in [-0.05, 0) is 13.3 Å². The Morgan fingerprint density at radius 3 is 1.80 bits per heavy atom. The summed E-state index contributed by atoms with van der Waals surface area (Å²) in [6.45, 7) is 4.94. The monoisotopic (exact) mass is 288 g/mol. The van der Waals surface area contributed by atoms with Crippen LogP contribution in [0.5, 0.6) is 0 Å². The van der Waals surface area contributed by atoms with Gasteiger partial charge >= 0.3 is 5.97 Å². The average molecular weight is 288 g/mol. The van der Waals surface area contributed by atoms with Crippen molar-refractivity contribution in [2.45, 2.75) is 78.1 Å². The summed E-state index contributed by atoms with van der Waals surface area (Å²) in [6, 6.07) is 0. The first-order chi connectivity index (χ1) is 9.68. The van der Waals surface area contributed by atoms with Crippen molar-refractivity contribution in [3.05, 3.63) is 0 Å². The lowest BCUT2D eigenvalue weighted by molar-refractivity contribution is -0.137. The minimum absolute atomic E-state index is 0.233. The molecule has 0 fully saturated rings. The summed E-state index contributed by atoms with van der Waals surface area (Å²) in [4.78, 5) is 19.6. The number of carbonyl (C=O) groups is 2. The lowest BCUT2D eigenvalue weighted by Crippen LogP contribution is -1.93. The van der Waals surface area contributed by atoms with E-state index in [0.29, 0.717) is 13.0 Å². The number of rotatable bonds is 13. The van der Waals surface area contributed by atoms with Crippen LogP contribution in [0.3, 0.4) is 0 Å². The summed E-state index contributed by atoms with van der Waals surface area (Å²) in [5.74, 6) is -0.659. The van der Waals surface area contributed by atoms with Crippen LogP contribution in [0.15, 0.2) is 0 Å². The molecule has 20 heavy (non-hydrogen) atoms. The third kappa shape index (κ3) is 25.8. The first-order valence-corrected chi connectivity index (χ1v) is 7.92. The van der Waals surface area contributed by atoms with Crippen molar-refractivity contribution >= 4 is 12.3 Å². The molecule has 0 saturated carbocycles. The molecule has 0 rings (SSSR count). The van der Waals surface area contributed by atoms with Gasteiger partial charge in [-0.2, -0.15) is 0 Å². The second-order valence-corrected chi connectivity index (χ2v) is 4.80. The van der Waals surface area contributed by atoms with E-state index in [1.165, 1.54) is 44.9 Å². The quantitative estimate of drug-likeness (QED) is 0.407. The molecule has 120 valence electrons. The summed E-state index contributed by atoms with van der Waals surface area (Å²) in [6.07, 6.45) is 12.2. The molecule has 0 unspecified atom stereocenters. The van der Waals surface area contributed by atoms with E-state index in [1.807, 2.05) is 6.92 Å². The summed E-state index contributed by atoms with van der Waals surface area (Å²) in [5, 5.41) is 8.41. The number of aldehydes is 1. The first kappa shape index (κ1) is 21.4. The van der Waals surface area contributed by atoms with Crippen molar-refractivity contribution in [2.75, 3.05) is 13.2 Å². The number of ether oxygens (including phenoxy) is 1. The van der Waals surface area contributed by atoms with Gasteiger partial charge in [0.25, 0.3) is 0 Å². The van der Waals surface area contributed by atoms with Crippen LogP contribution < -0.4 is 0 Å². The number of carbonyl (C=O) groups excluding carboxylic acids is 1. The summed E-state index contributed by atoms with van der Waals surface area (Å²) in [7, 11) is 0. The Kier molecular flexibility index (Phi) is 21.8. The van der Waals surface area contributed by atoms with E-state index in [9.17, 15) is 9.59 Å². The van der Waals surface area contributed by atoms with E-state index in [2.05, 4.69) is 11.7 Å². The topological polar surface area (TPSA) is 63.6 Å². The van der Waals surface area contributed by atoms with Crippen LogP contribution in [-0.4, -0.2) is 30.6 Å². The maximum atomic E-state index is 10.2. The molecule has 1 N–H and O–H groups in total. The minimum atomic E-state index is -0.659. The molecule has 4 heteroatoms. The fraction of sp³-hybridized carbons (Fsp3) is 0.875. The highest BCUT2D eigenvalue weighted by atomic mass is 16.5. The number of unbranched alkanes of at least 4 members (excludes halogenated alkanes) is 8. The van der Waals surface area contributed by atoms with E-state index in [1.54, 1.807) is 0 Å². The first-order valence-electron chi connectivity index (χ1n) is 7.92. The van der Waals surface area contributed by atoms with Crippen molar-refractivity contribution < 1.29 is 19.4 Å². The van der Waals surface area contributed by atoms with Gasteiger partial charge in [-0.3, -0.25) is 4.79 Å². The van der Waals surface area contributed by atoms with Gasteiger partial charge < -0.3 is 14.6 Å². The number of carboxylic acids is 1. The zero-order valence-corrected chi connectivity index (χ0v) is 13.2. The Bertz CT molecular complexity index is 205. The predicted molar refractivity (Wildman–Crippen MR) is 82.0 cm³/mol. The summed E-state index contributed by atoms with van der Waals surface area (Å²) < 4.78 is 4.61. The van der Waals surface area contributed by atoms with Gasteiger partial charge in [0.15, 0.2) is 0 Å². The van der Waals surface area contributed by atoms with Crippen molar-refractivity contribution in [1.29, 1.82) is 0 Å². The highest BCUT2D eigenvalue weighted by Crippen LogP contribution is 2.10. The molecule has 0 aliphatic carbocycles. The molecule has 4 nitrogen and oxygen atoms in total. The van der Waals surface area contributed by atoms with Crippen molar-refractivity contribution in [1.82, 2.24) is 0 Å². The molecule has 0 atom stereocenters. The van der Waals surface area contributed by atoms with E-state index in [4.69, 9.17) is 5.11 Å². The Hall–Kier alpha value is -0.900. The van der Waals surface area contributed by atoms with E-state index >= 15 is 0 Å². The van der Waals surface area contributed by atoms with Gasteiger partial charge in [0, 0.05) is 13.0 Å². The largest absolute Gasteiger partial charge is 0.481 e. The highest BCUT2D eigenvalue weighted by Gasteiger charge is 1.96. The molecule has 0 radical (unpaired) electrons. The summed E-state index contributed by atoms with van der Waals surface area (Å²) in [5.41, 5.74) is 0. The zero-order chi connectivity index (χ0) is 15.5. The van der Waals surface area contributed by atoms with Crippen LogP contribution in [0.4, 0.5) is 0 Å². The van der Waals surface area contributed by atoms with Gasteiger partial charge in [-0.1, -0.05) is 58.3 Å². The van der Waals surface area contributed by atoms with Crippen LogP contribution in [0.25, 0.3) is 0 Å². The van der Waals surface area contributed by atoms with Gasteiger partial charge in [-0.25, -0.2) is 0 Å². The van der Waals surface area contributed by atoms with Crippen LogP contribution in [0.1, 0.15) is 78.1 Å². The molecule has 0 saturated heterocycles. The van der Waals surface area contributed by atoms with Gasteiger partial charge in [0.05, 0.1) is 0 Å². The minimum Gasteiger partial charge on any atom is -0.481 e. The smallest absolute Gasteiger partial charge is 0.303 e. The number of aliphatic carboxylic acids is 1. The lowest BCUT2D eigenvalue weighted by atomic mass is 10.1. The Morgan fingerprint density at radius 1 is 0.950 bits per heavy atom. The molecule has 0 aliphatic heterocycles. The van der Waals surface area contributed by atoms with Gasteiger partial charge in [0.2, 0.25) is 0 Å². The zero-order valence-electron chi connectivity index (χ0n) is 13.2. The van der Waals surface area contributed by atoms with Gasteiger partial charge in [0.1, 0.15) is 12.9 Å². The molecule has 0 heterocycles. The second-order valence-electron chi connectivity index (χ2n) is 4.80. The Morgan fingerprint density at radius 2 is 1.45 bits per heavy atom. The third-order valence-corrected chi connectivity index (χ3v) is 2.88. The molecule has 0 bridgehead atoms. The average Bonchev–Trinajstić information content (AvgIpc) is 2.43. The maximum Gasteiger partial charge on any atom is 0.303 e. The highest BCUT2D eigenvalue weighted by molar-refractivity contribution is 5.66. The van der Waals surface area contributed by atoms with E-state index in [-0.39, 0.29) is 6.61 Å². The van der Waals surface area contributed by atoms with Crippen LogP contribution in [-0.2, 0) is 14.3 Å². The normalized spacial score (nSPS) is 9.70. The SMILES string of the molecule is CCCCCCCCCCCC(=O)O.CCOCC=O. The predicted octanol–water partition coefficient (Wildman–Crippen LogP) is 4.21. The summed E-state index contributed by atoms with van der Waals surface area (Å²) >= 11 is 0. The van der Waals surface area contributed by atoms with Crippen LogP contribution in [0, 0.1) is 0 Å². The fourth-order valence-corrected chi connectivity index (χ4v) is 1.75. The molecular formula is C16H32O4. The fourth-order valence-electron chi connectivity index (χ4n) is 1.75. The Balaban J connectivity index is 0. The molecule has 0 amide bonds. The molecule has 0 aromatic heterocycles. The maximum absolute atomic E-state index is 10.2. The van der Waals surface area contributed by atoms with Gasteiger partial charge in [-0.15, -0.1) is 0 Å². The van der Waals surface area contributed by atoms with Crippen molar-refractivity contribution in [3.8, 4) is 0 Å². The lowest BCUT2D eigenvalue weighted by Gasteiger charge is -2.00.